The summed E-state index contributed by atoms with van der Waals surface area (Å²) in [5.74, 6) is -0.609. The molecule has 0 atom stereocenters. The van der Waals surface area contributed by atoms with Crippen LogP contribution in [-0.4, -0.2) is 40.4 Å². The number of nitrogens with zero attached hydrogens (tertiary/aromatic N) is 3. The molecule has 0 saturated heterocycles. The third kappa shape index (κ3) is 5.30. The monoisotopic (exact) mass is 512 g/mol. The molecule has 0 unspecified atom stereocenters. The first-order chi connectivity index (χ1) is 16.7. The Kier molecular flexibility index (Phi) is 7.08. The summed E-state index contributed by atoms with van der Waals surface area (Å²) in [7, 11) is 0. The predicted molar refractivity (Wildman–Crippen MR) is 122 cm³/mol. The van der Waals surface area contributed by atoms with Crippen molar-refractivity contribution < 1.29 is 27.0 Å². The number of benzene rings is 1. The van der Waals surface area contributed by atoms with Gasteiger partial charge in [-0.15, -0.1) is 4.94 Å². The summed E-state index contributed by atoms with van der Waals surface area (Å²) in [5, 5.41) is 0.417. The standard InChI is InChI=1S/C23H18ClF5N4O2/c24-19-3-1-2-15(21(19)26)12-32-6-4-14(8-20(32)34)18-11-31-22-17(18)9-16(10-30-22)33(7-5-25)13-23(27,28)35-29/h1-4,6,8-11H,5,7,12-13H2,(H,30,31). The fraction of sp³-hybridized carbons (Fsp3) is 0.217. The molecular formula is C23H18ClF5N4O2. The second kappa shape index (κ2) is 10.0. The average Bonchev–Trinajstić information content (AvgIpc) is 3.26. The maximum absolute atomic E-state index is 14.2. The number of pyridine rings is 2. The highest BCUT2D eigenvalue weighted by atomic mass is 35.5. The molecule has 0 aliphatic rings. The fourth-order valence-corrected chi connectivity index (χ4v) is 3.91. The first-order valence-corrected chi connectivity index (χ1v) is 10.7. The van der Waals surface area contributed by atoms with Crippen LogP contribution in [-0.2, 0) is 11.5 Å². The summed E-state index contributed by atoms with van der Waals surface area (Å²) in [5.41, 5.74) is 1.34. The normalized spacial score (nSPS) is 11.8. The molecule has 0 saturated carbocycles. The first kappa shape index (κ1) is 24.7. The molecular weight excluding hydrogens is 495 g/mol. The van der Waals surface area contributed by atoms with Gasteiger partial charge in [-0.2, -0.15) is 8.78 Å². The van der Waals surface area contributed by atoms with Crippen molar-refractivity contribution in [3.8, 4) is 11.1 Å². The van der Waals surface area contributed by atoms with Gasteiger partial charge in [-0.1, -0.05) is 23.7 Å². The fourth-order valence-electron chi connectivity index (χ4n) is 3.71. The number of fused-ring (bicyclic) bond motifs is 1. The number of hydrogen-bond acceptors (Lipinski definition) is 4. The van der Waals surface area contributed by atoms with Crippen LogP contribution in [0.5, 0.6) is 0 Å². The van der Waals surface area contributed by atoms with E-state index in [9.17, 15) is 26.9 Å². The highest BCUT2D eigenvalue weighted by Crippen LogP contribution is 2.31. The highest BCUT2D eigenvalue weighted by Gasteiger charge is 2.34. The Morgan fingerprint density at radius 1 is 1.23 bits per heavy atom. The van der Waals surface area contributed by atoms with Crippen LogP contribution in [0.2, 0.25) is 5.02 Å². The van der Waals surface area contributed by atoms with E-state index in [0.29, 0.717) is 22.2 Å². The number of alkyl halides is 3. The highest BCUT2D eigenvalue weighted by molar-refractivity contribution is 6.30. The number of aromatic nitrogens is 3. The lowest BCUT2D eigenvalue weighted by atomic mass is 10.1. The minimum absolute atomic E-state index is 0.0336. The summed E-state index contributed by atoms with van der Waals surface area (Å²) >= 11 is 5.80. The topological polar surface area (TPSA) is 63.1 Å². The maximum atomic E-state index is 14.2. The van der Waals surface area contributed by atoms with Crippen molar-refractivity contribution in [3.63, 3.8) is 0 Å². The zero-order valence-corrected chi connectivity index (χ0v) is 18.7. The van der Waals surface area contributed by atoms with Gasteiger partial charge in [0.25, 0.3) is 5.56 Å². The van der Waals surface area contributed by atoms with Gasteiger partial charge < -0.3 is 14.5 Å². The van der Waals surface area contributed by atoms with Crippen LogP contribution in [0.3, 0.4) is 0 Å². The van der Waals surface area contributed by atoms with E-state index in [1.54, 1.807) is 18.3 Å². The summed E-state index contributed by atoms with van der Waals surface area (Å²) in [4.78, 5) is 23.4. The number of anilines is 1. The number of hydrogen-bond donors (Lipinski definition) is 1. The third-order valence-electron chi connectivity index (χ3n) is 5.40. The largest absolute Gasteiger partial charge is 0.403 e. The van der Waals surface area contributed by atoms with Crippen molar-refractivity contribution in [3.05, 3.63) is 81.7 Å². The van der Waals surface area contributed by atoms with Crippen molar-refractivity contribution in [1.82, 2.24) is 14.5 Å². The van der Waals surface area contributed by atoms with Gasteiger partial charge in [0.15, 0.2) is 0 Å². The lowest BCUT2D eigenvalue weighted by molar-refractivity contribution is -0.348. The number of rotatable bonds is 9. The molecule has 0 aliphatic heterocycles. The van der Waals surface area contributed by atoms with Gasteiger partial charge in [0.1, 0.15) is 24.7 Å². The SMILES string of the molecule is O=c1cc(-c2c[nH]c3ncc(N(CCF)CC(F)(F)OF)cc23)ccn1Cc1cccc(Cl)c1F. The average molecular weight is 513 g/mol. The van der Waals surface area contributed by atoms with Crippen molar-refractivity contribution >= 4 is 28.3 Å². The number of halogens is 6. The van der Waals surface area contributed by atoms with Gasteiger partial charge in [0.2, 0.25) is 0 Å². The van der Waals surface area contributed by atoms with Gasteiger partial charge in [0.05, 0.1) is 23.5 Å². The second-order valence-electron chi connectivity index (χ2n) is 7.71. The minimum Gasteiger partial charge on any atom is -0.359 e. The quantitative estimate of drug-likeness (QED) is 0.301. The first-order valence-electron chi connectivity index (χ1n) is 10.3. The van der Waals surface area contributed by atoms with Crippen LogP contribution >= 0.6 is 11.6 Å². The van der Waals surface area contributed by atoms with E-state index in [1.807, 2.05) is 0 Å². The van der Waals surface area contributed by atoms with E-state index >= 15 is 0 Å². The van der Waals surface area contributed by atoms with Crippen molar-refractivity contribution in [1.29, 1.82) is 0 Å². The van der Waals surface area contributed by atoms with Crippen molar-refractivity contribution in [2.45, 2.75) is 12.7 Å². The van der Waals surface area contributed by atoms with Crippen LogP contribution in [0.25, 0.3) is 22.2 Å². The number of H-pyrrole nitrogens is 1. The van der Waals surface area contributed by atoms with Crippen molar-refractivity contribution in [2.24, 2.45) is 0 Å². The molecule has 35 heavy (non-hydrogen) atoms. The Morgan fingerprint density at radius 3 is 2.74 bits per heavy atom. The van der Waals surface area contributed by atoms with Gasteiger partial charge in [0, 0.05) is 41.5 Å². The van der Waals surface area contributed by atoms with E-state index in [4.69, 9.17) is 11.6 Å². The molecule has 3 aromatic heterocycles. The van der Waals surface area contributed by atoms with Gasteiger partial charge >= 0.3 is 6.11 Å². The smallest absolute Gasteiger partial charge is 0.359 e. The molecule has 3 heterocycles. The third-order valence-corrected chi connectivity index (χ3v) is 5.70. The molecule has 0 radical (unpaired) electrons. The number of aromatic amines is 1. The van der Waals surface area contributed by atoms with Gasteiger partial charge in [-0.25, -0.2) is 13.8 Å². The lowest BCUT2D eigenvalue weighted by Crippen LogP contribution is -2.38. The van der Waals surface area contributed by atoms with Crippen LogP contribution in [0, 0.1) is 5.82 Å². The van der Waals surface area contributed by atoms with E-state index in [2.05, 4.69) is 14.9 Å². The van der Waals surface area contributed by atoms with E-state index in [0.717, 1.165) is 4.90 Å². The molecule has 184 valence electrons. The predicted octanol–water partition coefficient (Wildman–Crippen LogP) is 5.50. The van der Waals surface area contributed by atoms with Gasteiger partial charge in [-0.05, 0) is 28.3 Å². The zero-order valence-electron chi connectivity index (χ0n) is 18.0. The maximum Gasteiger partial charge on any atom is 0.403 e. The molecule has 4 rings (SSSR count). The minimum atomic E-state index is -4.14. The van der Waals surface area contributed by atoms with Crippen LogP contribution in [0.15, 0.2) is 59.8 Å². The number of nitrogens with one attached hydrogen (secondary N) is 1. The Hall–Kier alpha value is -3.44. The van der Waals surface area contributed by atoms with Gasteiger partial charge in [-0.3, -0.25) is 4.79 Å². The van der Waals surface area contributed by atoms with Crippen molar-refractivity contribution in [2.75, 3.05) is 24.7 Å². The Balaban J connectivity index is 1.67. The summed E-state index contributed by atoms with van der Waals surface area (Å²) in [6.45, 7) is -2.67. The van der Waals surface area contributed by atoms with E-state index < -0.39 is 37.2 Å². The molecule has 6 nitrogen and oxygen atoms in total. The molecule has 0 fully saturated rings. The summed E-state index contributed by atoms with van der Waals surface area (Å²) in [6.07, 6.45) is 0.167. The molecule has 0 spiro atoms. The Labute approximate surface area is 200 Å². The van der Waals surface area contributed by atoms with Crippen LogP contribution in [0.4, 0.5) is 27.8 Å². The molecule has 1 aromatic carbocycles. The zero-order chi connectivity index (χ0) is 25.2. The molecule has 0 aliphatic carbocycles. The Morgan fingerprint density at radius 2 is 2.03 bits per heavy atom. The lowest BCUT2D eigenvalue weighted by Gasteiger charge is -2.25. The second-order valence-corrected chi connectivity index (χ2v) is 8.12. The van der Waals surface area contributed by atoms with E-state index in [-0.39, 0.29) is 22.8 Å². The molecule has 12 heteroatoms. The molecule has 1 N–H and O–H groups in total. The van der Waals surface area contributed by atoms with Crippen LogP contribution < -0.4 is 10.5 Å². The molecule has 0 amide bonds. The molecule has 4 aromatic rings. The van der Waals surface area contributed by atoms with E-state index in [1.165, 1.54) is 41.2 Å². The van der Waals surface area contributed by atoms with Crippen LogP contribution in [0.1, 0.15) is 5.56 Å². The summed E-state index contributed by atoms with van der Waals surface area (Å²) < 4.78 is 67.6. The Bertz CT molecular complexity index is 1410. The molecule has 0 bridgehead atoms. The summed E-state index contributed by atoms with van der Waals surface area (Å²) in [6, 6.07) is 8.95.